The van der Waals surface area contributed by atoms with Crippen LogP contribution in [0.1, 0.15) is 58.6 Å². The summed E-state index contributed by atoms with van der Waals surface area (Å²) in [5.74, 6) is 0.631. The highest BCUT2D eigenvalue weighted by Crippen LogP contribution is 2.39. The van der Waals surface area contributed by atoms with Crippen molar-refractivity contribution in [1.82, 2.24) is 30.4 Å². The van der Waals surface area contributed by atoms with E-state index in [2.05, 4.69) is 32.4 Å². The van der Waals surface area contributed by atoms with Gasteiger partial charge in [-0.15, -0.1) is 0 Å². The van der Waals surface area contributed by atoms with Crippen molar-refractivity contribution in [3.8, 4) is 17.0 Å². The molecular formula is C26H37Cl2N7O2. The first-order valence-electron chi connectivity index (χ1n) is 12.6. The fourth-order valence-electron chi connectivity index (χ4n) is 3.45. The Bertz CT molecular complexity index is 1060. The summed E-state index contributed by atoms with van der Waals surface area (Å²) < 4.78 is 5.85. The monoisotopic (exact) mass is 549 g/mol. The molecule has 2 amide bonds. The Kier molecular flexibility index (Phi) is 13.6. The van der Waals surface area contributed by atoms with Crippen molar-refractivity contribution in [2.24, 2.45) is 0 Å². The molecule has 0 fully saturated rings. The number of anilines is 1. The molecule has 37 heavy (non-hydrogen) atoms. The number of nitrogens with one attached hydrogen (secondary N) is 2. The van der Waals surface area contributed by atoms with E-state index in [1.54, 1.807) is 35.5 Å². The van der Waals surface area contributed by atoms with Gasteiger partial charge in [0.25, 0.3) is 0 Å². The second-order valence-electron chi connectivity index (χ2n) is 8.29. The number of nitrogen functional groups attached to an aromatic ring is 1. The number of amides is 2. The lowest BCUT2D eigenvalue weighted by Gasteiger charge is -2.21. The van der Waals surface area contributed by atoms with Gasteiger partial charge in [0.2, 0.25) is 5.95 Å². The third-order valence-corrected chi connectivity index (χ3v) is 5.78. The van der Waals surface area contributed by atoms with E-state index in [1.807, 2.05) is 19.9 Å². The molecule has 202 valence electrons. The average Bonchev–Trinajstić information content (AvgIpc) is 3.45. The van der Waals surface area contributed by atoms with Gasteiger partial charge in [-0.25, -0.2) is 14.8 Å². The van der Waals surface area contributed by atoms with Gasteiger partial charge in [0, 0.05) is 30.5 Å². The van der Waals surface area contributed by atoms with Crippen LogP contribution in [0.15, 0.2) is 36.7 Å². The summed E-state index contributed by atoms with van der Waals surface area (Å²) in [5.41, 5.74) is 7.73. The van der Waals surface area contributed by atoms with E-state index in [9.17, 15) is 4.79 Å². The van der Waals surface area contributed by atoms with Crippen LogP contribution in [0.3, 0.4) is 0 Å². The van der Waals surface area contributed by atoms with Crippen molar-refractivity contribution >= 4 is 35.2 Å². The number of H-pyrrole nitrogens is 1. The fraction of sp³-hybridized carbons (Fsp3) is 0.462. The van der Waals surface area contributed by atoms with Gasteiger partial charge in [0.1, 0.15) is 5.75 Å². The minimum Gasteiger partial charge on any atom is -0.493 e. The summed E-state index contributed by atoms with van der Waals surface area (Å²) in [4.78, 5) is 23.0. The van der Waals surface area contributed by atoms with Crippen LogP contribution < -0.4 is 15.8 Å². The highest BCUT2D eigenvalue weighted by Gasteiger charge is 2.18. The molecule has 4 N–H and O–H groups in total. The molecule has 2 heterocycles. The molecule has 0 saturated carbocycles. The Hall–Kier alpha value is -3.04. The first-order chi connectivity index (χ1) is 17.9. The third kappa shape index (κ3) is 10.5. The number of hydrogen-bond acceptors (Lipinski definition) is 6. The molecule has 11 heteroatoms. The van der Waals surface area contributed by atoms with E-state index in [1.165, 1.54) is 6.42 Å². The predicted octanol–water partition coefficient (Wildman–Crippen LogP) is 6.34. The van der Waals surface area contributed by atoms with Crippen molar-refractivity contribution in [2.45, 2.75) is 59.4 Å². The molecule has 0 saturated heterocycles. The Morgan fingerprint density at radius 3 is 2.54 bits per heavy atom. The number of benzene rings is 1. The molecule has 3 rings (SSSR count). The maximum atomic E-state index is 12.6. The summed E-state index contributed by atoms with van der Waals surface area (Å²) in [6.07, 6.45) is 8.71. The largest absolute Gasteiger partial charge is 0.493 e. The molecule has 0 aliphatic carbocycles. The summed E-state index contributed by atoms with van der Waals surface area (Å²) in [5, 5.41) is 10.1. The number of nitrogens with two attached hydrogens (primary N) is 1. The van der Waals surface area contributed by atoms with Crippen molar-refractivity contribution in [3.63, 3.8) is 0 Å². The molecular weight excluding hydrogens is 513 g/mol. The second kappa shape index (κ2) is 16.7. The lowest BCUT2D eigenvalue weighted by molar-refractivity contribution is 0.197. The van der Waals surface area contributed by atoms with Crippen LogP contribution >= 0.6 is 23.2 Å². The molecule has 0 bridgehead atoms. The number of carbonyl (C=O) groups is 1. The molecule has 0 aliphatic heterocycles. The zero-order chi connectivity index (χ0) is 27.0. The van der Waals surface area contributed by atoms with E-state index in [4.69, 9.17) is 33.7 Å². The molecule has 9 nitrogen and oxygen atoms in total. The number of nitrogens with zero attached hydrogens (tertiary/aromatic N) is 4. The summed E-state index contributed by atoms with van der Waals surface area (Å²) >= 11 is 12.7. The number of aromatic amines is 1. The van der Waals surface area contributed by atoms with Crippen molar-refractivity contribution in [2.75, 3.05) is 25.4 Å². The number of ether oxygens (including phenoxy) is 1. The number of aromatic nitrogens is 4. The van der Waals surface area contributed by atoms with Crippen LogP contribution in [0, 0.1) is 0 Å². The average molecular weight is 551 g/mol. The molecule has 0 atom stereocenters. The molecule has 0 radical (unpaired) electrons. The summed E-state index contributed by atoms with van der Waals surface area (Å²) in [6, 6.07) is 6.83. The Morgan fingerprint density at radius 1 is 1.11 bits per heavy atom. The number of urea groups is 1. The van der Waals surface area contributed by atoms with Crippen molar-refractivity contribution < 1.29 is 9.53 Å². The van der Waals surface area contributed by atoms with E-state index < -0.39 is 0 Å². The van der Waals surface area contributed by atoms with Crippen molar-refractivity contribution in [1.29, 1.82) is 0 Å². The molecule has 2 aromatic heterocycles. The minimum atomic E-state index is -0.126. The first kappa shape index (κ1) is 30.2. The zero-order valence-electron chi connectivity index (χ0n) is 21.8. The SMILES string of the molecule is CCCCCCNC(=O)N(CC)Cc1cc(-c2c(Cl)cc(Cl)cc2OCCC)nc(N)n1.c1cn[nH]c1. The minimum absolute atomic E-state index is 0.0981. The lowest BCUT2D eigenvalue weighted by Crippen LogP contribution is -2.40. The fourth-order valence-corrected chi connectivity index (χ4v) is 4.02. The van der Waals surface area contributed by atoms with Gasteiger partial charge in [-0.2, -0.15) is 5.10 Å². The Balaban J connectivity index is 0.000000856. The summed E-state index contributed by atoms with van der Waals surface area (Å²) in [6.45, 7) is 8.11. The topological polar surface area (TPSA) is 122 Å². The van der Waals surface area contributed by atoms with Gasteiger partial charge in [-0.1, -0.05) is 56.3 Å². The van der Waals surface area contributed by atoms with Crippen LogP contribution in [0.25, 0.3) is 11.3 Å². The van der Waals surface area contributed by atoms with Gasteiger partial charge in [0.05, 0.1) is 35.1 Å². The molecule has 0 aliphatic rings. The lowest BCUT2D eigenvalue weighted by atomic mass is 10.1. The Morgan fingerprint density at radius 2 is 1.92 bits per heavy atom. The highest BCUT2D eigenvalue weighted by molar-refractivity contribution is 6.36. The van der Waals surface area contributed by atoms with Crippen molar-refractivity contribution in [3.05, 3.63) is 52.4 Å². The van der Waals surface area contributed by atoms with Crippen LogP contribution in [-0.4, -0.2) is 50.8 Å². The second-order valence-corrected chi connectivity index (χ2v) is 9.13. The highest BCUT2D eigenvalue weighted by atomic mass is 35.5. The smallest absolute Gasteiger partial charge is 0.317 e. The number of hydrogen-bond donors (Lipinski definition) is 3. The van der Waals surface area contributed by atoms with Gasteiger partial charge in [-0.05, 0) is 44.0 Å². The number of halogens is 2. The van der Waals surface area contributed by atoms with E-state index in [0.29, 0.717) is 59.0 Å². The van der Waals surface area contributed by atoms with Crippen LogP contribution in [0.2, 0.25) is 10.0 Å². The quantitative estimate of drug-likeness (QED) is 0.226. The molecule has 0 spiro atoms. The number of carbonyl (C=O) groups excluding carboxylic acids is 1. The van der Waals surface area contributed by atoms with Gasteiger partial charge in [-0.3, -0.25) is 5.10 Å². The molecule has 3 aromatic rings. The normalized spacial score (nSPS) is 10.4. The third-order valence-electron chi connectivity index (χ3n) is 5.27. The summed E-state index contributed by atoms with van der Waals surface area (Å²) in [7, 11) is 0. The zero-order valence-corrected chi connectivity index (χ0v) is 23.3. The van der Waals surface area contributed by atoms with Gasteiger partial charge >= 0.3 is 6.03 Å². The maximum absolute atomic E-state index is 12.6. The van der Waals surface area contributed by atoms with Gasteiger partial charge in [0.15, 0.2) is 0 Å². The molecule has 0 unspecified atom stereocenters. The van der Waals surface area contributed by atoms with Crippen LogP contribution in [-0.2, 0) is 6.54 Å². The first-order valence-corrected chi connectivity index (χ1v) is 13.4. The van der Waals surface area contributed by atoms with E-state index >= 15 is 0 Å². The van der Waals surface area contributed by atoms with Crippen LogP contribution in [0.4, 0.5) is 10.7 Å². The number of rotatable bonds is 12. The Labute approximate surface area is 229 Å². The van der Waals surface area contributed by atoms with Gasteiger partial charge < -0.3 is 20.7 Å². The van der Waals surface area contributed by atoms with E-state index in [0.717, 1.165) is 25.7 Å². The molecule has 1 aromatic carbocycles. The van der Waals surface area contributed by atoms with Crippen LogP contribution in [0.5, 0.6) is 5.75 Å². The maximum Gasteiger partial charge on any atom is 0.317 e. The standard InChI is InChI=1S/C23H33Cl2N5O2.C3H4N2/c1-4-7-8-9-10-27-23(31)30(6-3)15-17-14-19(29-22(26)28-17)21-18(25)12-16(24)13-20(21)32-11-5-2;1-2-4-5-3-1/h12-14H,4-11,15H2,1-3H3,(H,27,31)(H2,26,28,29);1-3H,(H,4,5). The van der Waals surface area contributed by atoms with E-state index in [-0.39, 0.29) is 12.0 Å². The predicted molar refractivity (Wildman–Crippen MR) is 150 cm³/mol. The number of unbranched alkanes of at least 4 members (excludes halogenated alkanes) is 3.